The summed E-state index contributed by atoms with van der Waals surface area (Å²) in [6.07, 6.45) is 6.10. The molecule has 23 heavy (non-hydrogen) atoms. The monoisotopic (exact) mass is 309 g/mol. The molecule has 7 nitrogen and oxygen atoms in total. The summed E-state index contributed by atoms with van der Waals surface area (Å²) in [6.45, 7) is 3.30. The van der Waals surface area contributed by atoms with Crippen molar-refractivity contribution in [3.63, 3.8) is 0 Å². The van der Waals surface area contributed by atoms with E-state index < -0.39 is 0 Å². The van der Waals surface area contributed by atoms with Gasteiger partial charge in [-0.25, -0.2) is 9.97 Å². The van der Waals surface area contributed by atoms with Gasteiger partial charge >= 0.3 is 0 Å². The second-order valence-corrected chi connectivity index (χ2v) is 5.45. The van der Waals surface area contributed by atoms with Crippen LogP contribution in [0.5, 0.6) is 0 Å². The first-order valence-corrected chi connectivity index (χ1v) is 7.47. The van der Waals surface area contributed by atoms with Crippen molar-refractivity contribution in [3.05, 3.63) is 42.2 Å². The maximum Gasteiger partial charge on any atom is 0.261 e. The van der Waals surface area contributed by atoms with Crippen molar-refractivity contribution in [1.29, 1.82) is 0 Å². The maximum atomic E-state index is 5.38. The first kappa shape index (κ1) is 14.0. The molecule has 3 aromatic heterocycles. The van der Waals surface area contributed by atoms with E-state index in [4.69, 9.17) is 9.26 Å². The fraction of sp³-hybridized carbons (Fsp3) is 0.312. The molecule has 1 aliphatic rings. The lowest BCUT2D eigenvalue weighted by molar-refractivity contribution is 0.192. The lowest BCUT2D eigenvalue weighted by Crippen LogP contribution is -2.00. The van der Waals surface area contributed by atoms with Crippen LogP contribution in [-0.2, 0) is 4.74 Å². The van der Waals surface area contributed by atoms with Gasteiger partial charge in [-0.15, -0.1) is 0 Å². The molecule has 0 aromatic carbocycles. The fourth-order valence-corrected chi connectivity index (χ4v) is 2.56. The molecule has 1 atom stereocenters. The third kappa shape index (κ3) is 2.70. The van der Waals surface area contributed by atoms with Crippen LogP contribution in [-0.4, -0.2) is 38.3 Å². The van der Waals surface area contributed by atoms with Crippen molar-refractivity contribution in [3.8, 4) is 22.8 Å². The first-order valence-electron chi connectivity index (χ1n) is 7.47. The van der Waals surface area contributed by atoms with Gasteiger partial charge in [-0.05, 0) is 25.5 Å². The van der Waals surface area contributed by atoms with Gasteiger partial charge < -0.3 is 9.26 Å². The van der Waals surface area contributed by atoms with E-state index in [1.807, 2.05) is 19.1 Å². The van der Waals surface area contributed by atoms with Gasteiger partial charge in [-0.2, -0.15) is 4.98 Å². The van der Waals surface area contributed by atoms with E-state index >= 15 is 0 Å². The number of rotatable bonds is 3. The van der Waals surface area contributed by atoms with Crippen molar-refractivity contribution in [2.24, 2.45) is 0 Å². The summed E-state index contributed by atoms with van der Waals surface area (Å²) >= 11 is 0. The Labute approximate surface area is 132 Å². The summed E-state index contributed by atoms with van der Waals surface area (Å²) < 4.78 is 10.7. The molecule has 0 amide bonds. The van der Waals surface area contributed by atoms with Crippen LogP contribution in [0, 0.1) is 6.92 Å². The van der Waals surface area contributed by atoms with Crippen LogP contribution >= 0.6 is 0 Å². The van der Waals surface area contributed by atoms with Crippen LogP contribution < -0.4 is 0 Å². The molecule has 0 bridgehead atoms. The Hall–Kier alpha value is -2.67. The van der Waals surface area contributed by atoms with Crippen LogP contribution in [0.2, 0.25) is 0 Å². The average molecular weight is 309 g/mol. The SMILES string of the molecule is Cc1nc(-c2cccnc2)ncc1-c1nc([C@H]2CCOC2)no1. The Morgan fingerprint density at radius 2 is 2.17 bits per heavy atom. The molecule has 0 radical (unpaired) electrons. The molecule has 0 unspecified atom stereocenters. The van der Waals surface area contributed by atoms with Crippen molar-refractivity contribution in [1.82, 2.24) is 25.1 Å². The largest absolute Gasteiger partial charge is 0.381 e. The number of nitrogens with zero attached hydrogens (tertiary/aromatic N) is 5. The normalized spacial score (nSPS) is 17.5. The number of ether oxygens (including phenoxy) is 1. The van der Waals surface area contributed by atoms with Crippen LogP contribution in [0.25, 0.3) is 22.8 Å². The minimum Gasteiger partial charge on any atom is -0.381 e. The first-order chi connectivity index (χ1) is 11.3. The van der Waals surface area contributed by atoms with Gasteiger partial charge in [0.05, 0.1) is 17.9 Å². The molecule has 116 valence electrons. The van der Waals surface area contributed by atoms with Crippen LogP contribution in [0.3, 0.4) is 0 Å². The van der Waals surface area contributed by atoms with E-state index in [9.17, 15) is 0 Å². The van der Waals surface area contributed by atoms with Crippen molar-refractivity contribution >= 4 is 0 Å². The molecule has 1 fully saturated rings. The highest BCUT2D eigenvalue weighted by atomic mass is 16.5. The zero-order chi connectivity index (χ0) is 15.6. The lowest BCUT2D eigenvalue weighted by atomic mass is 10.1. The van der Waals surface area contributed by atoms with Gasteiger partial charge in [0.25, 0.3) is 5.89 Å². The van der Waals surface area contributed by atoms with E-state index in [-0.39, 0.29) is 5.92 Å². The minimum absolute atomic E-state index is 0.211. The summed E-state index contributed by atoms with van der Waals surface area (Å²) in [5, 5.41) is 4.06. The van der Waals surface area contributed by atoms with Crippen LogP contribution in [0.1, 0.15) is 23.9 Å². The van der Waals surface area contributed by atoms with E-state index in [2.05, 4.69) is 25.1 Å². The number of pyridine rings is 1. The van der Waals surface area contributed by atoms with Crippen molar-refractivity contribution < 1.29 is 9.26 Å². The van der Waals surface area contributed by atoms with E-state index in [0.717, 1.165) is 29.8 Å². The molecule has 3 aromatic rings. The van der Waals surface area contributed by atoms with Gasteiger partial charge in [-0.1, -0.05) is 5.16 Å². The van der Waals surface area contributed by atoms with Crippen molar-refractivity contribution in [2.45, 2.75) is 19.3 Å². The fourth-order valence-electron chi connectivity index (χ4n) is 2.56. The highest BCUT2D eigenvalue weighted by molar-refractivity contribution is 5.59. The second kappa shape index (κ2) is 5.85. The summed E-state index contributed by atoms with van der Waals surface area (Å²) in [6, 6.07) is 3.78. The highest BCUT2D eigenvalue weighted by Gasteiger charge is 2.24. The molecular weight excluding hydrogens is 294 g/mol. The molecule has 1 aliphatic heterocycles. The van der Waals surface area contributed by atoms with Gasteiger partial charge in [0.15, 0.2) is 11.6 Å². The minimum atomic E-state index is 0.211. The Kier molecular flexibility index (Phi) is 3.55. The zero-order valence-corrected chi connectivity index (χ0v) is 12.6. The van der Waals surface area contributed by atoms with E-state index in [1.165, 1.54) is 0 Å². The maximum absolute atomic E-state index is 5.38. The predicted octanol–water partition coefficient (Wildman–Crippen LogP) is 2.40. The third-order valence-electron chi connectivity index (χ3n) is 3.87. The number of aromatic nitrogens is 5. The van der Waals surface area contributed by atoms with Crippen molar-refractivity contribution in [2.75, 3.05) is 13.2 Å². The predicted molar refractivity (Wildman–Crippen MR) is 81.5 cm³/mol. The quantitative estimate of drug-likeness (QED) is 0.734. The molecule has 4 heterocycles. The molecule has 1 saturated heterocycles. The van der Waals surface area contributed by atoms with Crippen LogP contribution in [0.15, 0.2) is 35.2 Å². The summed E-state index contributed by atoms with van der Waals surface area (Å²) in [5.74, 6) is 1.97. The van der Waals surface area contributed by atoms with Gasteiger partial charge in [-0.3, -0.25) is 4.98 Å². The standard InChI is InChI=1S/C16H15N5O2/c1-10-13(8-18-14(19-10)11-3-2-5-17-7-11)16-20-15(21-23-16)12-4-6-22-9-12/h2-3,5,7-8,12H,4,6,9H2,1H3/t12-/m0/s1. The highest BCUT2D eigenvalue weighted by Crippen LogP contribution is 2.27. The Morgan fingerprint density at radius 3 is 2.91 bits per heavy atom. The summed E-state index contributed by atoms with van der Waals surface area (Å²) in [7, 11) is 0. The average Bonchev–Trinajstić information content (AvgIpc) is 3.27. The molecule has 0 saturated carbocycles. The number of hydrogen-bond donors (Lipinski definition) is 0. The third-order valence-corrected chi connectivity index (χ3v) is 3.87. The smallest absolute Gasteiger partial charge is 0.261 e. The van der Waals surface area contributed by atoms with E-state index in [1.54, 1.807) is 18.6 Å². The van der Waals surface area contributed by atoms with E-state index in [0.29, 0.717) is 24.1 Å². The zero-order valence-electron chi connectivity index (χ0n) is 12.6. The number of hydrogen-bond acceptors (Lipinski definition) is 7. The topological polar surface area (TPSA) is 86.8 Å². The Morgan fingerprint density at radius 1 is 1.22 bits per heavy atom. The molecular formula is C16H15N5O2. The molecule has 7 heteroatoms. The molecule has 0 spiro atoms. The molecule has 4 rings (SSSR count). The Bertz CT molecular complexity index is 812. The molecule has 0 aliphatic carbocycles. The lowest BCUT2D eigenvalue weighted by Gasteiger charge is -2.03. The second-order valence-electron chi connectivity index (χ2n) is 5.45. The Balaban J connectivity index is 1.64. The van der Waals surface area contributed by atoms with Gasteiger partial charge in [0.2, 0.25) is 0 Å². The number of aryl methyl sites for hydroxylation is 1. The summed E-state index contributed by atoms with van der Waals surface area (Å²) in [4.78, 5) is 17.5. The van der Waals surface area contributed by atoms with Gasteiger partial charge in [0.1, 0.15) is 0 Å². The molecule has 0 N–H and O–H groups in total. The summed E-state index contributed by atoms with van der Waals surface area (Å²) in [5.41, 5.74) is 2.41. The van der Waals surface area contributed by atoms with Gasteiger partial charge in [0, 0.05) is 36.7 Å². The van der Waals surface area contributed by atoms with Crippen LogP contribution in [0.4, 0.5) is 0 Å².